The van der Waals surface area contributed by atoms with E-state index in [1.54, 1.807) is 24.7 Å². The van der Waals surface area contributed by atoms with E-state index in [2.05, 4.69) is 4.98 Å². The van der Waals surface area contributed by atoms with Crippen LogP contribution in [0.3, 0.4) is 0 Å². The van der Waals surface area contributed by atoms with E-state index in [1.807, 2.05) is 54.1 Å². The summed E-state index contributed by atoms with van der Waals surface area (Å²) in [6.45, 7) is 2.43. The minimum atomic E-state index is -0.359. The van der Waals surface area contributed by atoms with Crippen LogP contribution in [-0.4, -0.2) is 15.5 Å². The molecule has 1 aromatic carbocycles. The van der Waals surface area contributed by atoms with Crippen LogP contribution in [0.2, 0.25) is 0 Å². The maximum absolute atomic E-state index is 11.9. The lowest BCUT2D eigenvalue weighted by molar-refractivity contribution is -0.144. The largest absolute Gasteiger partial charge is 0.452 e. The van der Waals surface area contributed by atoms with E-state index in [0.29, 0.717) is 6.54 Å². The summed E-state index contributed by atoms with van der Waals surface area (Å²) in [6.07, 6.45) is 11.6. The second kappa shape index (κ2) is 7.85. The number of hydrogen-bond donors (Lipinski definition) is 0. The lowest BCUT2D eigenvalue weighted by atomic mass is 10.1. The van der Waals surface area contributed by atoms with Gasteiger partial charge in [0.15, 0.2) is 0 Å². The summed E-state index contributed by atoms with van der Waals surface area (Å²) < 4.78 is 7.44. The molecule has 2 aromatic rings. The molecule has 0 N–H and O–H groups in total. The Morgan fingerprint density at radius 2 is 2.14 bits per heavy atom. The van der Waals surface area contributed by atoms with Gasteiger partial charge >= 0.3 is 5.97 Å². The highest BCUT2D eigenvalue weighted by molar-refractivity contribution is 5.82. The van der Waals surface area contributed by atoms with Gasteiger partial charge in [-0.05, 0) is 12.5 Å². The number of allylic oxidation sites excluding steroid dienone is 3. The molecular weight excluding hydrogens is 264 g/mol. The van der Waals surface area contributed by atoms with Crippen molar-refractivity contribution in [3.63, 3.8) is 0 Å². The first kappa shape index (κ1) is 14.8. The Bertz CT molecular complexity index is 601. The van der Waals surface area contributed by atoms with Gasteiger partial charge in [0.25, 0.3) is 0 Å². The standard InChI is InChI=1S/C17H18N2O2/c1-2-3-5-10-17(20)21-16(13-19-12-11-18-14-19)15-8-6-4-7-9-15/h2-12,14,16H,13H2,1H3/b3-2+,10-5+. The molecule has 0 saturated heterocycles. The molecular formula is C17H18N2O2. The molecule has 1 aromatic heterocycles. The predicted octanol–water partition coefficient (Wildman–Crippen LogP) is 3.30. The molecule has 2 rings (SSSR count). The molecule has 1 atom stereocenters. The number of esters is 1. The van der Waals surface area contributed by atoms with Gasteiger partial charge in [-0.15, -0.1) is 0 Å². The van der Waals surface area contributed by atoms with E-state index in [9.17, 15) is 4.79 Å². The monoisotopic (exact) mass is 282 g/mol. The first-order valence-electron chi connectivity index (χ1n) is 6.80. The fraction of sp³-hybridized carbons (Fsp3) is 0.176. The van der Waals surface area contributed by atoms with Gasteiger partial charge in [-0.25, -0.2) is 9.78 Å². The number of imidazole rings is 1. The summed E-state index contributed by atoms with van der Waals surface area (Å²) in [5.74, 6) is -0.359. The first-order valence-corrected chi connectivity index (χ1v) is 6.80. The molecule has 4 heteroatoms. The van der Waals surface area contributed by atoms with Gasteiger partial charge in [-0.1, -0.05) is 48.6 Å². The van der Waals surface area contributed by atoms with E-state index >= 15 is 0 Å². The SMILES string of the molecule is C/C=C/C=C/C(=O)OC(Cn1ccnc1)c1ccccc1. The van der Waals surface area contributed by atoms with Crippen LogP contribution in [0.15, 0.2) is 73.4 Å². The Labute approximate surface area is 124 Å². The van der Waals surface area contributed by atoms with E-state index in [0.717, 1.165) is 5.56 Å². The van der Waals surface area contributed by atoms with E-state index in [1.165, 1.54) is 6.08 Å². The zero-order chi connectivity index (χ0) is 14.9. The van der Waals surface area contributed by atoms with Crippen molar-refractivity contribution in [3.8, 4) is 0 Å². The lowest BCUT2D eigenvalue weighted by Gasteiger charge is -2.18. The summed E-state index contributed by atoms with van der Waals surface area (Å²) in [6, 6.07) is 9.69. The lowest BCUT2D eigenvalue weighted by Crippen LogP contribution is -2.15. The molecule has 0 aliphatic rings. The van der Waals surface area contributed by atoms with E-state index in [4.69, 9.17) is 4.74 Å². The van der Waals surface area contributed by atoms with E-state index in [-0.39, 0.29) is 12.1 Å². The van der Waals surface area contributed by atoms with Crippen LogP contribution in [-0.2, 0) is 16.1 Å². The van der Waals surface area contributed by atoms with Crippen LogP contribution in [0.5, 0.6) is 0 Å². The number of carbonyl (C=O) groups is 1. The van der Waals surface area contributed by atoms with Gasteiger partial charge in [-0.3, -0.25) is 0 Å². The van der Waals surface area contributed by atoms with Gasteiger partial charge in [0.2, 0.25) is 0 Å². The highest BCUT2D eigenvalue weighted by Gasteiger charge is 2.15. The molecule has 0 bridgehead atoms. The number of nitrogens with zero attached hydrogens (tertiary/aromatic N) is 2. The van der Waals surface area contributed by atoms with Crippen molar-refractivity contribution in [1.29, 1.82) is 0 Å². The first-order chi connectivity index (χ1) is 10.3. The maximum atomic E-state index is 11.9. The average molecular weight is 282 g/mol. The summed E-state index contributed by atoms with van der Waals surface area (Å²) >= 11 is 0. The summed E-state index contributed by atoms with van der Waals surface area (Å²) in [5, 5.41) is 0. The second-order valence-corrected chi connectivity index (χ2v) is 4.48. The van der Waals surface area contributed by atoms with Crippen molar-refractivity contribution in [3.05, 3.63) is 78.9 Å². The van der Waals surface area contributed by atoms with Crippen molar-refractivity contribution in [2.45, 2.75) is 19.6 Å². The van der Waals surface area contributed by atoms with Crippen molar-refractivity contribution in [2.75, 3.05) is 0 Å². The molecule has 0 amide bonds. The highest BCUT2D eigenvalue weighted by Crippen LogP contribution is 2.19. The van der Waals surface area contributed by atoms with Crippen LogP contribution < -0.4 is 0 Å². The number of carbonyl (C=O) groups excluding carboxylic acids is 1. The van der Waals surface area contributed by atoms with Crippen molar-refractivity contribution in [1.82, 2.24) is 9.55 Å². The van der Waals surface area contributed by atoms with Crippen molar-refractivity contribution >= 4 is 5.97 Å². The van der Waals surface area contributed by atoms with Gasteiger partial charge in [0.1, 0.15) is 6.10 Å². The van der Waals surface area contributed by atoms with Crippen molar-refractivity contribution in [2.24, 2.45) is 0 Å². The molecule has 21 heavy (non-hydrogen) atoms. The fourth-order valence-electron chi connectivity index (χ4n) is 1.89. The van der Waals surface area contributed by atoms with Gasteiger partial charge in [-0.2, -0.15) is 0 Å². The third-order valence-corrected chi connectivity index (χ3v) is 2.90. The molecule has 0 spiro atoms. The minimum absolute atomic E-state index is 0.344. The molecule has 0 radical (unpaired) electrons. The average Bonchev–Trinajstić information content (AvgIpc) is 3.01. The molecule has 0 aliphatic carbocycles. The number of hydrogen-bond acceptors (Lipinski definition) is 3. The molecule has 1 unspecified atom stereocenters. The number of aromatic nitrogens is 2. The quantitative estimate of drug-likeness (QED) is 0.464. The van der Waals surface area contributed by atoms with Crippen LogP contribution in [0.4, 0.5) is 0 Å². The normalized spacial score (nSPS) is 12.8. The second-order valence-electron chi connectivity index (χ2n) is 4.48. The number of ether oxygens (including phenoxy) is 1. The summed E-state index contributed by atoms with van der Waals surface area (Å²) in [5.41, 5.74) is 0.957. The predicted molar refractivity (Wildman–Crippen MR) is 81.5 cm³/mol. The third-order valence-electron chi connectivity index (χ3n) is 2.90. The molecule has 4 nitrogen and oxygen atoms in total. The Morgan fingerprint density at radius 3 is 2.81 bits per heavy atom. The molecule has 0 saturated carbocycles. The van der Waals surface area contributed by atoms with Crippen LogP contribution >= 0.6 is 0 Å². The van der Waals surface area contributed by atoms with Crippen LogP contribution in [0.25, 0.3) is 0 Å². The van der Waals surface area contributed by atoms with Gasteiger partial charge < -0.3 is 9.30 Å². The Morgan fingerprint density at radius 1 is 1.33 bits per heavy atom. The zero-order valence-corrected chi connectivity index (χ0v) is 11.9. The van der Waals surface area contributed by atoms with Crippen LogP contribution in [0.1, 0.15) is 18.6 Å². The topological polar surface area (TPSA) is 44.1 Å². The number of benzene rings is 1. The summed E-state index contributed by atoms with van der Waals surface area (Å²) in [7, 11) is 0. The van der Waals surface area contributed by atoms with Crippen LogP contribution in [0, 0.1) is 0 Å². The summed E-state index contributed by atoms with van der Waals surface area (Å²) in [4.78, 5) is 15.9. The smallest absolute Gasteiger partial charge is 0.331 e. The van der Waals surface area contributed by atoms with Crippen molar-refractivity contribution < 1.29 is 9.53 Å². The van der Waals surface area contributed by atoms with Gasteiger partial charge in [0.05, 0.1) is 12.9 Å². The Balaban J connectivity index is 2.10. The van der Waals surface area contributed by atoms with E-state index < -0.39 is 0 Å². The molecule has 0 aliphatic heterocycles. The molecule has 108 valence electrons. The zero-order valence-electron chi connectivity index (χ0n) is 11.9. The minimum Gasteiger partial charge on any atom is -0.452 e. The Hall–Kier alpha value is -2.62. The third kappa shape index (κ3) is 4.76. The number of rotatable bonds is 6. The Kier molecular flexibility index (Phi) is 5.52. The maximum Gasteiger partial charge on any atom is 0.331 e. The highest BCUT2D eigenvalue weighted by atomic mass is 16.5. The van der Waals surface area contributed by atoms with Gasteiger partial charge in [0, 0.05) is 18.5 Å². The fourth-order valence-corrected chi connectivity index (χ4v) is 1.89. The molecule has 0 fully saturated rings. The molecule has 1 heterocycles.